The molecule has 0 aromatic heterocycles. The number of terminal acetylenes is 1. The van der Waals surface area contributed by atoms with E-state index < -0.39 is 0 Å². The highest BCUT2D eigenvalue weighted by Gasteiger charge is 2.45. The van der Waals surface area contributed by atoms with Crippen LogP contribution in [-0.4, -0.2) is 81.5 Å². The highest BCUT2D eigenvalue weighted by molar-refractivity contribution is 5.67. The number of fused-ring (bicyclic) bond motifs is 2. The van der Waals surface area contributed by atoms with Crippen LogP contribution in [-0.2, 0) is 14.9 Å². The second kappa shape index (κ2) is 10.1. The summed E-state index contributed by atoms with van der Waals surface area (Å²) >= 11 is 0. The number of rotatable bonds is 6. The molecular weight excluding hydrogens is 409 g/mol. The van der Waals surface area contributed by atoms with E-state index in [0.717, 1.165) is 76.2 Å². The SMILES string of the molecule is C#CCCOC(=O)N1CCC(N2CCC3(CC2)CN(CCOC)c2ccc(F)cc23)CC1. The van der Waals surface area contributed by atoms with Gasteiger partial charge in [0, 0.05) is 56.9 Å². The van der Waals surface area contributed by atoms with Crippen molar-refractivity contribution in [3.63, 3.8) is 0 Å². The van der Waals surface area contributed by atoms with Gasteiger partial charge < -0.3 is 24.2 Å². The van der Waals surface area contributed by atoms with Crippen molar-refractivity contribution < 1.29 is 18.7 Å². The smallest absolute Gasteiger partial charge is 0.409 e. The van der Waals surface area contributed by atoms with Crippen LogP contribution in [0.25, 0.3) is 0 Å². The predicted octanol–water partition coefficient (Wildman–Crippen LogP) is 3.25. The number of piperidine rings is 2. The van der Waals surface area contributed by atoms with Gasteiger partial charge in [-0.05, 0) is 62.5 Å². The molecular formula is C25H34FN3O3. The van der Waals surface area contributed by atoms with Crippen molar-refractivity contribution in [3.05, 3.63) is 29.6 Å². The highest BCUT2D eigenvalue weighted by Crippen LogP contribution is 2.47. The normalized spacial score (nSPS) is 20.9. The van der Waals surface area contributed by atoms with Crippen LogP contribution >= 0.6 is 0 Å². The van der Waals surface area contributed by atoms with Crippen LogP contribution < -0.4 is 4.90 Å². The van der Waals surface area contributed by atoms with E-state index in [-0.39, 0.29) is 23.9 Å². The number of benzene rings is 1. The lowest BCUT2D eigenvalue weighted by molar-refractivity contribution is 0.0569. The monoisotopic (exact) mass is 443 g/mol. The quantitative estimate of drug-likeness (QED) is 0.499. The Kier molecular flexibility index (Phi) is 7.22. The molecule has 0 atom stereocenters. The average Bonchev–Trinajstić information content (AvgIpc) is 3.10. The molecule has 3 heterocycles. The van der Waals surface area contributed by atoms with Gasteiger partial charge in [0.25, 0.3) is 0 Å². The molecule has 0 aliphatic carbocycles. The number of nitrogens with zero attached hydrogens (tertiary/aromatic N) is 3. The molecule has 1 aromatic rings. The number of anilines is 1. The summed E-state index contributed by atoms with van der Waals surface area (Å²) in [6, 6.07) is 5.74. The van der Waals surface area contributed by atoms with Crippen LogP contribution in [0.15, 0.2) is 18.2 Å². The average molecular weight is 444 g/mol. The second-order valence-electron chi connectivity index (χ2n) is 9.18. The van der Waals surface area contributed by atoms with E-state index in [1.807, 2.05) is 6.07 Å². The minimum absolute atomic E-state index is 0.0171. The lowest BCUT2D eigenvalue weighted by Gasteiger charge is -2.45. The number of hydrogen-bond acceptors (Lipinski definition) is 5. The minimum atomic E-state index is -0.253. The molecule has 4 rings (SSSR count). The van der Waals surface area contributed by atoms with E-state index >= 15 is 0 Å². The molecule has 3 aliphatic rings. The van der Waals surface area contributed by atoms with E-state index in [4.69, 9.17) is 15.9 Å². The molecule has 2 saturated heterocycles. The Balaban J connectivity index is 1.33. The molecule has 32 heavy (non-hydrogen) atoms. The minimum Gasteiger partial charge on any atom is -0.448 e. The van der Waals surface area contributed by atoms with Gasteiger partial charge >= 0.3 is 6.09 Å². The second-order valence-corrected chi connectivity index (χ2v) is 9.18. The lowest BCUT2D eigenvalue weighted by atomic mass is 9.74. The summed E-state index contributed by atoms with van der Waals surface area (Å²) in [6.45, 7) is 6.17. The zero-order chi connectivity index (χ0) is 22.6. The number of carbonyl (C=O) groups excluding carboxylic acids is 1. The van der Waals surface area contributed by atoms with Crippen molar-refractivity contribution in [1.29, 1.82) is 0 Å². The molecule has 1 amide bonds. The third-order valence-electron chi connectivity index (χ3n) is 7.40. The first kappa shape index (κ1) is 22.9. The molecule has 6 nitrogen and oxygen atoms in total. The maximum absolute atomic E-state index is 14.1. The van der Waals surface area contributed by atoms with Crippen molar-refractivity contribution in [2.24, 2.45) is 0 Å². The van der Waals surface area contributed by atoms with E-state index in [1.54, 1.807) is 24.1 Å². The maximum atomic E-state index is 14.1. The molecule has 3 aliphatic heterocycles. The number of likely N-dealkylation sites (tertiary alicyclic amines) is 2. The Morgan fingerprint density at radius 3 is 2.66 bits per heavy atom. The van der Waals surface area contributed by atoms with Crippen molar-refractivity contribution >= 4 is 11.8 Å². The highest BCUT2D eigenvalue weighted by atomic mass is 19.1. The summed E-state index contributed by atoms with van der Waals surface area (Å²) < 4.78 is 24.7. The van der Waals surface area contributed by atoms with Gasteiger partial charge in [0.1, 0.15) is 12.4 Å². The van der Waals surface area contributed by atoms with Crippen molar-refractivity contribution in [3.8, 4) is 12.3 Å². The van der Waals surface area contributed by atoms with Gasteiger partial charge in [-0.2, -0.15) is 0 Å². The topological polar surface area (TPSA) is 45.2 Å². The molecule has 1 spiro atoms. The van der Waals surface area contributed by atoms with E-state index in [2.05, 4.69) is 15.7 Å². The Morgan fingerprint density at radius 1 is 1.22 bits per heavy atom. The Morgan fingerprint density at radius 2 is 1.97 bits per heavy atom. The van der Waals surface area contributed by atoms with Gasteiger partial charge in [-0.15, -0.1) is 12.3 Å². The van der Waals surface area contributed by atoms with E-state index in [1.165, 1.54) is 0 Å². The third-order valence-corrected chi connectivity index (χ3v) is 7.40. The van der Waals surface area contributed by atoms with Crippen molar-refractivity contribution in [2.45, 2.75) is 43.6 Å². The van der Waals surface area contributed by atoms with Gasteiger partial charge in [-0.3, -0.25) is 0 Å². The number of amides is 1. The molecule has 1 aromatic carbocycles. The first-order valence-corrected chi connectivity index (χ1v) is 11.7. The van der Waals surface area contributed by atoms with Crippen molar-refractivity contribution in [1.82, 2.24) is 9.80 Å². The Labute approximate surface area is 190 Å². The van der Waals surface area contributed by atoms with Gasteiger partial charge in [0.2, 0.25) is 0 Å². The van der Waals surface area contributed by atoms with Crippen LogP contribution in [0, 0.1) is 18.2 Å². The molecule has 0 bridgehead atoms. The van der Waals surface area contributed by atoms with E-state index in [0.29, 0.717) is 19.1 Å². The fourth-order valence-corrected chi connectivity index (χ4v) is 5.59. The van der Waals surface area contributed by atoms with E-state index in [9.17, 15) is 9.18 Å². The summed E-state index contributed by atoms with van der Waals surface area (Å²) in [5, 5.41) is 0. The number of carbonyl (C=O) groups is 1. The third kappa shape index (κ3) is 4.72. The molecule has 2 fully saturated rings. The number of methoxy groups -OCH3 is 1. The van der Waals surface area contributed by atoms with Crippen LogP contribution in [0.3, 0.4) is 0 Å². The molecule has 0 radical (unpaired) electrons. The molecule has 0 unspecified atom stereocenters. The lowest BCUT2D eigenvalue weighted by Crippen LogP contribution is -2.52. The van der Waals surface area contributed by atoms with Crippen molar-refractivity contribution in [2.75, 3.05) is 64.5 Å². The number of ether oxygens (including phenoxy) is 2. The van der Waals surface area contributed by atoms with Gasteiger partial charge in [0.05, 0.1) is 6.61 Å². The van der Waals surface area contributed by atoms with Gasteiger partial charge in [-0.1, -0.05) is 0 Å². The summed E-state index contributed by atoms with van der Waals surface area (Å²) in [5.74, 6) is 2.33. The van der Waals surface area contributed by atoms with Crippen LogP contribution in [0.1, 0.15) is 37.7 Å². The molecule has 174 valence electrons. The van der Waals surface area contributed by atoms with Gasteiger partial charge in [0.15, 0.2) is 0 Å². The Bertz CT molecular complexity index is 839. The molecule has 0 N–H and O–H groups in total. The fourth-order valence-electron chi connectivity index (χ4n) is 5.59. The first-order chi connectivity index (χ1) is 15.6. The fraction of sp³-hybridized carbons (Fsp3) is 0.640. The predicted molar refractivity (Wildman–Crippen MR) is 122 cm³/mol. The molecule has 0 saturated carbocycles. The molecule has 7 heteroatoms. The summed E-state index contributed by atoms with van der Waals surface area (Å²) in [5.41, 5.74) is 2.34. The maximum Gasteiger partial charge on any atom is 0.409 e. The number of halogens is 1. The van der Waals surface area contributed by atoms with Crippen LogP contribution in [0.5, 0.6) is 0 Å². The summed E-state index contributed by atoms with van der Waals surface area (Å²) in [4.78, 5) is 18.9. The summed E-state index contributed by atoms with van der Waals surface area (Å²) in [6.07, 6.45) is 9.39. The van der Waals surface area contributed by atoms with Crippen LogP contribution in [0.2, 0.25) is 0 Å². The zero-order valence-corrected chi connectivity index (χ0v) is 19.0. The Hall–Kier alpha value is -2.30. The largest absolute Gasteiger partial charge is 0.448 e. The standard InChI is InChI=1S/C25H34FN3O3/c1-3-4-16-32-24(30)28-11-7-21(8-12-28)27-13-9-25(10-14-27)19-29(15-17-31-2)23-6-5-20(26)18-22(23)25/h1,5-6,18,21H,4,7-17,19H2,2H3. The zero-order valence-electron chi connectivity index (χ0n) is 19.0. The number of hydrogen-bond donors (Lipinski definition) is 0. The first-order valence-electron chi connectivity index (χ1n) is 11.7. The van der Waals surface area contributed by atoms with Gasteiger partial charge in [-0.25, -0.2) is 9.18 Å². The van der Waals surface area contributed by atoms with Crippen LogP contribution in [0.4, 0.5) is 14.9 Å². The summed E-state index contributed by atoms with van der Waals surface area (Å²) in [7, 11) is 1.72.